The molecule has 0 bridgehead atoms. The molecule has 3 rings (SSSR count). The maximum atomic E-state index is 12.6. The lowest BCUT2D eigenvalue weighted by atomic mass is 10.3. The summed E-state index contributed by atoms with van der Waals surface area (Å²) in [5.41, 5.74) is 1.87. The summed E-state index contributed by atoms with van der Waals surface area (Å²) in [5.74, 6) is 0.993. The van der Waals surface area contributed by atoms with Crippen LogP contribution in [-0.4, -0.2) is 31.4 Å². The zero-order valence-electron chi connectivity index (χ0n) is 12.6. The zero-order valence-corrected chi connectivity index (χ0v) is 13.4. The smallest absolute Gasteiger partial charge is 0.262 e. The van der Waals surface area contributed by atoms with Crippen molar-refractivity contribution in [3.63, 3.8) is 0 Å². The van der Waals surface area contributed by atoms with Crippen LogP contribution in [-0.2, 0) is 17.1 Å². The normalized spacial score (nSPS) is 14.0. The molecule has 118 valence electrons. The van der Waals surface area contributed by atoms with Gasteiger partial charge in [-0.3, -0.25) is 9.40 Å². The Labute approximate surface area is 128 Å². The first-order valence-electron chi connectivity index (χ1n) is 6.81. The van der Waals surface area contributed by atoms with Gasteiger partial charge in [-0.25, -0.2) is 8.42 Å². The highest BCUT2D eigenvalue weighted by atomic mass is 32.2. The number of nitrogens with zero attached hydrogens (tertiary/aromatic N) is 2. The molecule has 0 spiro atoms. The Bertz CT molecular complexity index is 827. The number of nitrogens with one attached hydrogen (secondary N) is 1. The van der Waals surface area contributed by atoms with Crippen molar-refractivity contribution < 1.29 is 17.9 Å². The fourth-order valence-electron chi connectivity index (χ4n) is 2.31. The van der Waals surface area contributed by atoms with Crippen molar-refractivity contribution in [2.24, 2.45) is 7.05 Å². The van der Waals surface area contributed by atoms with Gasteiger partial charge in [0.1, 0.15) is 13.2 Å². The topological polar surface area (TPSA) is 82.5 Å². The number of hydrogen-bond donors (Lipinski definition) is 1. The second-order valence-electron chi connectivity index (χ2n) is 5.08. The lowest BCUT2D eigenvalue weighted by Gasteiger charge is -2.19. The maximum Gasteiger partial charge on any atom is 0.262 e. The number of benzene rings is 1. The summed E-state index contributed by atoms with van der Waals surface area (Å²) >= 11 is 0. The standard InChI is InChI=1S/C14H17N3O4S/c1-9-14(10(2)17(3)15-9)16-22(18,19)11-4-5-12-13(8-11)21-7-6-20-12/h4-5,8,16H,6-7H2,1-3H3. The molecule has 1 aliphatic rings. The van der Waals surface area contributed by atoms with Crippen LogP contribution in [0.4, 0.5) is 5.69 Å². The number of fused-ring (bicyclic) bond motifs is 1. The summed E-state index contributed by atoms with van der Waals surface area (Å²) in [6, 6.07) is 4.57. The van der Waals surface area contributed by atoms with Gasteiger partial charge in [0.2, 0.25) is 0 Å². The molecule has 22 heavy (non-hydrogen) atoms. The van der Waals surface area contributed by atoms with Gasteiger partial charge >= 0.3 is 0 Å². The van der Waals surface area contributed by atoms with E-state index in [1.165, 1.54) is 12.1 Å². The zero-order chi connectivity index (χ0) is 15.9. The van der Waals surface area contributed by atoms with Crippen LogP contribution in [0, 0.1) is 13.8 Å². The second-order valence-corrected chi connectivity index (χ2v) is 6.76. The minimum atomic E-state index is -3.72. The fourth-order valence-corrected chi connectivity index (χ4v) is 3.50. The first-order chi connectivity index (χ1) is 10.4. The third-order valence-electron chi connectivity index (χ3n) is 3.57. The number of aryl methyl sites for hydroxylation is 2. The quantitative estimate of drug-likeness (QED) is 0.928. The van der Waals surface area contributed by atoms with Gasteiger partial charge in [0.05, 0.1) is 22.0 Å². The third kappa shape index (κ3) is 2.50. The molecule has 0 amide bonds. The van der Waals surface area contributed by atoms with Crippen LogP contribution in [0.15, 0.2) is 23.1 Å². The number of aromatic nitrogens is 2. The van der Waals surface area contributed by atoms with Gasteiger partial charge in [0, 0.05) is 13.1 Å². The van der Waals surface area contributed by atoms with Crippen LogP contribution < -0.4 is 14.2 Å². The van der Waals surface area contributed by atoms with Crippen LogP contribution >= 0.6 is 0 Å². The van der Waals surface area contributed by atoms with Gasteiger partial charge in [-0.05, 0) is 26.0 Å². The van der Waals surface area contributed by atoms with Crippen LogP contribution in [0.2, 0.25) is 0 Å². The third-order valence-corrected chi connectivity index (χ3v) is 4.92. The highest BCUT2D eigenvalue weighted by Crippen LogP contribution is 2.33. The number of hydrogen-bond acceptors (Lipinski definition) is 5. The Morgan fingerprint density at radius 3 is 2.50 bits per heavy atom. The van der Waals surface area contributed by atoms with Crippen LogP contribution in [0.3, 0.4) is 0 Å². The molecule has 1 aliphatic heterocycles. The Balaban J connectivity index is 1.96. The van der Waals surface area contributed by atoms with E-state index in [4.69, 9.17) is 9.47 Å². The fraction of sp³-hybridized carbons (Fsp3) is 0.357. The lowest BCUT2D eigenvalue weighted by Crippen LogP contribution is -2.17. The minimum Gasteiger partial charge on any atom is -0.486 e. The summed E-state index contributed by atoms with van der Waals surface area (Å²) in [5, 5.41) is 4.20. The molecule has 8 heteroatoms. The Morgan fingerprint density at radius 1 is 1.18 bits per heavy atom. The molecule has 0 atom stereocenters. The Hall–Kier alpha value is -2.22. The van der Waals surface area contributed by atoms with Gasteiger partial charge in [-0.15, -0.1) is 0 Å². The first-order valence-corrected chi connectivity index (χ1v) is 8.29. The van der Waals surface area contributed by atoms with E-state index in [1.54, 1.807) is 24.7 Å². The summed E-state index contributed by atoms with van der Waals surface area (Å²) in [4.78, 5) is 0.124. The highest BCUT2D eigenvalue weighted by molar-refractivity contribution is 7.92. The van der Waals surface area contributed by atoms with Crippen molar-refractivity contribution >= 4 is 15.7 Å². The first kappa shape index (κ1) is 14.7. The van der Waals surface area contributed by atoms with Crippen molar-refractivity contribution in [2.75, 3.05) is 17.9 Å². The molecule has 0 radical (unpaired) electrons. The van der Waals surface area contributed by atoms with Crippen molar-refractivity contribution in [1.29, 1.82) is 0 Å². The largest absolute Gasteiger partial charge is 0.486 e. The van der Waals surface area contributed by atoms with Crippen molar-refractivity contribution in [3.8, 4) is 11.5 Å². The van der Waals surface area contributed by atoms with Crippen LogP contribution in [0.5, 0.6) is 11.5 Å². The Kier molecular flexibility index (Phi) is 3.48. The number of ether oxygens (including phenoxy) is 2. The van der Waals surface area contributed by atoms with Crippen LogP contribution in [0.25, 0.3) is 0 Å². The predicted molar refractivity (Wildman–Crippen MR) is 80.9 cm³/mol. The van der Waals surface area contributed by atoms with Crippen molar-refractivity contribution in [2.45, 2.75) is 18.7 Å². The molecule has 1 aromatic carbocycles. The molecule has 2 aromatic rings. The second kappa shape index (κ2) is 5.20. The van der Waals surface area contributed by atoms with Gasteiger partial charge in [0.15, 0.2) is 11.5 Å². The highest BCUT2D eigenvalue weighted by Gasteiger charge is 2.22. The van der Waals surface area contributed by atoms with Gasteiger partial charge < -0.3 is 9.47 Å². The van der Waals surface area contributed by atoms with Gasteiger partial charge in [-0.2, -0.15) is 5.10 Å². The van der Waals surface area contributed by atoms with E-state index in [2.05, 4.69) is 9.82 Å². The summed E-state index contributed by atoms with van der Waals surface area (Å²) in [6.45, 7) is 4.44. The molecule has 1 N–H and O–H groups in total. The lowest BCUT2D eigenvalue weighted by molar-refractivity contribution is 0.171. The average molecular weight is 323 g/mol. The van der Waals surface area contributed by atoms with Gasteiger partial charge in [-0.1, -0.05) is 0 Å². The van der Waals surface area contributed by atoms with Crippen LogP contribution in [0.1, 0.15) is 11.4 Å². The van der Waals surface area contributed by atoms with Gasteiger partial charge in [0.25, 0.3) is 10.0 Å². The van der Waals surface area contributed by atoms with E-state index >= 15 is 0 Å². The van der Waals surface area contributed by atoms with Crippen molar-refractivity contribution in [3.05, 3.63) is 29.6 Å². The van der Waals surface area contributed by atoms with E-state index in [9.17, 15) is 8.42 Å². The summed E-state index contributed by atoms with van der Waals surface area (Å²) < 4.78 is 40.2. The van der Waals surface area contributed by atoms with E-state index < -0.39 is 10.0 Å². The summed E-state index contributed by atoms with van der Waals surface area (Å²) in [7, 11) is -1.95. The summed E-state index contributed by atoms with van der Waals surface area (Å²) in [6.07, 6.45) is 0. The molecule has 2 heterocycles. The molecule has 0 saturated heterocycles. The van der Waals surface area contributed by atoms with E-state index in [-0.39, 0.29) is 4.90 Å². The SMILES string of the molecule is Cc1nn(C)c(C)c1NS(=O)(=O)c1ccc2c(c1)OCCO2. The van der Waals surface area contributed by atoms with Crippen molar-refractivity contribution in [1.82, 2.24) is 9.78 Å². The number of sulfonamides is 1. The maximum absolute atomic E-state index is 12.6. The molecular formula is C14H17N3O4S. The molecule has 7 nitrogen and oxygen atoms in total. The molecule has 1 aromatic heterocycles. The number of anilines is 1. The number of rotatable bonds is 3. The average Bonchev–Trinajstić information content (AvgIpc) is 2.73. The van der Waals surface area contributed by atoms with E-state index in [0.717, 1.165) is 5.69 Å². The van der Waals surface area contributed by atoms with E-state index in [0.29, 0.717) is 36.1 Å². The predicted octanol–water partition coefficient (Wildman–Crippen LogP) is 1.61. The Morgan fingerprint density at radius 2 is 1.86 bits per heavy atom. The molecule has 0 unspecified atom stereocenters. The monoisotopic (exact) mass is 323 g/mol. The molecule has 0 aliphatic carbocycles. The molecular weight excluding hydrogens is 306 g/mol. The molecule has 0 saturated carbocycles. The molecule has 0 fully saturated rings. The minimum absolute atomic E-state index is 0.124. The van der Waals surface area contributed by atoms with E-state index in [1.807, 2.05) is 6.92 Å².